The molecule has 0 saturated heterocycles. The smallest absolute Gasteiger partial charge is 0.250 e. The van der Waals surface area contributed by atoms with Crippen LogP contribution in [0.3, 0.4) is 0 Å². The number of rotatable bonds is 1. The Morgan fingerprint density at radius 2 is 2.36 bits per heavy atom. The molecule has 0 saturated carbocycles. The van der Waals surface area contributed by atoms with Gasteiger partial charge in [-0.15, -0.1) is 0 Å². The van der Waals surface area contributed by atoms with Gasteiger partial charge in [0, 0.05) is 16.7 Å². The highest BCUT2D eigenvalue weighted by molar-refractivity contribution is 9.10. The second-order valence-electron chi connectivity index (χ2n) is 1.85. The number of hydrogen-bond donors (Lipinski definition) is 1. The Labute approximate surface area is 70.6 Å². The van der Waals surface area contributed by atoms with Crippen molar-refractivity contribution in [1.82, 2.24) is 4.98 Å². The number of amides is 1. The van der Waals surface area contributed by atoms with Gasteiger partial charge in [0.15, 0.2) is 0 Å². The van der Waals surface area contributed by atoms with Crippen molar-refractivity contribution in [2.45, 2.75) is 0 Å². The van der Waals surface area contributed by atoms with Crippen molar-refractivity contribution in [3.8, 4) is 0 Å². The van der Waals surface area contributed by atoms with Crippen molar-refractivity contribution in [1.29, 1.82) is 0 Å². The van der Waals surface area contributed by atoms with E-state index in [1.807, 2.05) is 0 Å². The lowest BCUT2D eigenvalue weighted by molar-refractivity contribution is 0.0999. The number of carbonyl (C=O) groups excluding carboxylic acids is 1. The summed E-state index contributed by atoms with van der Waals surface area (Å²) in [4.78, 5) is 13.9. The number of hydrogen-bond acceptors (Lipinski definition) is 2. The number of aromatic nitrogens is 1. The van der Waals surface area contributed by atoms with Crippen molar-refractivity contribution >= 4 is 21.8 Å². The maximum absolute atomic E-state index is 12.4. The zero-order chi connectivity index (χ0) is 8.43. The molecule has 0 aromatic carbocycles. The predicted octanol–water partition coefficient (Wildman–Crippen LogP) is 1.08. The van der Waals surface area contributed by atoms with Crippen LogP contribution < -0.4 is 5.73 Å². The van der Waals surface area contributed by atoms with Gasteiger partial charge in [0.05, 0.1) is 5.56 Å². The van der Waals surface area contributed by atoms with E-state index in [9.17, 15) is 9.18 Å². The van der Waals surface area contributed by atoms with Crippen molar-refractivity contribution in [3.63, 3.8) is 0 Å². The Kier molecular flexibility index (Phi) is 2.19. The van der Waals surface area contributed by atoms with Crippen LogP contribution in [-0.2, 0) is 0 Å². The number of halogens is 2. The van der Waals surface area contributed by atoms with Gasteiger partial charge < -0.3 is 5.73 Å². The molecule has 0 unspecified atom stereocenters. The van der Waals surface area contributed by atoms with Gasteiger partial charge in [-0.05, 0) is 15.9 Å². The molecule has 3 nitrogen and oxygen atoms in total. The number of nitrogens with zero attached hydrogens (tertiary/aromatic N) is 1. The fourth-order valence-corrected chi connectivity index (χ4v) is 1.01. The standard InChI is InChI=1S/C6H4BrFN2O/c7-4-2-10-5(8)1-3(4)6(9)11/h1-2H,(H2,9,11). The molecule has 0 fully saturated rings. The molecular formula is C6H4BrFN2O. The predicted molar refractivity (Wildman–Crippen MR) is 40.4 cm³/mol. The summed E-state index contributed by atoms with van der Waals surface area (Å²) < 4.78 is 12.8. The van der Waals surface area contributed by atoms with E-state index in [1.165, 1.54) is 6.20 Å². The van der Waals surface area contributed by atoms with Crippen LogP contribution in [0.5, 0.6) is 0 Å². The lowest BCUT2D eigenvalue weighted by Gasteiger charge is -1.96. The first-order valence-electron chi connectivity index (χ1n) is 2.72. The van der Waals surface area contributed by atoms with E-state index < -0.39 is 11.9 Å². The molecule has 1 heterocycles. The molecule has 0 bridgehead atoms. The fourth-order valence-electron chi connectivity index (χ4n) is 0.602. The summed E-state index contributed by atoms with van der Waals surface area (Å²) in [7, 11) is 0. The van der Waals surface area contributed by atoms with E-state index in [0.717, 1.165) is 6.07 Å². The highest BCUT2D eigenvalue weighted by Gasteiger charge is 2.07. The second kappa shape index (κ2) is 2.96. The first kappa shape index (κ1) is 8.13. The fraction of sp³-hybridized carbons (Fsp3) is 0. The Balaban J connectivity index is 3.23. The topological polar surface area (TPSA) is 56.0 Å². The van der Waals surface area contributed by atoms with Crippen molar-refractivity contribution < 1.29 is 9.18 Å². The van der Waals surface area contributed by atoms with Crippen molar-refractivity contribution in [2.75, 3.05) is 0 Å². The molecule has 2 N–H and O–H groups in total. The van der Waals surface area contributed by atoms with Gasteiger partial charge in [-0.2, -0.15) is 4.39 Å². The highest BCUT2D eigenvalue weighted by atomic mass is 79.9. The van der Waals surface area contributed by atoms with Crippen LogP contribution in [0.25, 0.3) is 0 Å². The minimum atomic E-state index is -0.720. The van der Waals surface area contributed by atoms with E-state index in [4.69, 9.17) is 5.73 Å². The molecular weight excluding hydrogens is 215 g/mol. The van der Waals surface area contributed by atoms with Crippen LogP contribution in [-0.4, -0.2) is 10.9 Å². The van der Waals surface area contributed by atoms with Crippen LogP contribution in [0.15, 0.2) is 16.7 Å². The van der Waals surface area contributed by atoms with E-state index in [1.54, 1.807) is 0 Å². The van der Waals surface area contributed by atoms with E-state index in [0.29, 0.717) is 4.47 Å². The van der Waals surface area contributed by atoms with E-state index in [2.05, 4.69) is 20.9 Å². The minimum absolute atomic E-state index is 0.0949. The molecule has 1 aromatic heterocycles. The summed E-state index contributed by atoms with van der Waals surface area (Å²) in [5.74, 6) is -1.40. The zero-order valence-corrected chi connectivity index (χ0v) is 6.93. The molecule has 0 atom stereocenters. The molecule has 0 aliphatic carbocycles. The first-order chi connectivity index (χ1) is 5.11. The largest absolute Gasteiger partial charge is 0.366 e. The van der Waals surface area contributed by atoms with E-state index >= 15 is 0 Å². The molecule has 1 aromatic rings. The molecule has 58 valence electrons. The van der Waals surface area contributed by atoms with Gasteiger partial charge in [0.2, 0.25) is 11.9 Å². The monoisotopic (exact) mass is 218 g/mol. The van der Waals surface area contributed by atoms with Crippen molar-refractivity contribution in [3.05, 3.63) is 28.2 Å². The third kappa shape index (κ3) is 1.74. The quantitative estimate of drug-likeness (QED) is 0.718. The Bertz CT molecular complexity index is 303. The Hall–Kier alpha value is -0.970. The van der Waals surface area contributed by atoms with Crippen LogP contribution in [0.2, 0.25) is 0 Å². The molecule has 5 heteroatoms. The number of nitrogens with two attached hydrogens (primary N) is 1. The number of pyridine rings is 1. The molecule has 0 aliphatic rings. The summed E-state index contributed by atoms with van der Waals surface area (Å²) in [6.45, 7) is 0. The Morgan fingerprint density at radius 3 is 2.82 bits per heavy atom. The maximum atomic E-state index is 12.4. The van der Waals surface area contributed by atoms with E-state index in [-0.39, 0.29) is 5.56 Å². The lowest BCUT2D eigenvalue weighted by Crippen LogP contribution is -2.12. The normalized spacial score (nSPS) is 9.64. The third-order valence-corrected chi connectivity index (χ3v) is 1.72. The van der Waals surface area contributed by atoms with Crippen molar-refractivity contribution in [2.24, 2.45) is 5.73 Å². The molecule has 0 aliphatic heterocycles. The van der Waals surface area contributed by atoms with Crippen LogP contribution >= 0.6 is 15.9 Å². The summed E-state index contributed by atoms with van der Waals surface area (Å²) >= 11 is 3.00. The molecule has 0 spiro atoms. The number of primary amides is 1. The summed E-state index contributed by atoms with van der Waals surface area (Å²) in [5.41, 5.74) is 5.01. The Morgan fingerprint density at radius 1 is 1.73 bits per heavy atom. The molecule has 1 rings (SSSR count). The minimum Gasteiger partial charge on any atom is -0.366 e. The first-order valence-corrected chi connectivity index (χ1v) is 3.51. The average molecular weight is 219 g/mol. The molecule has 1 amide bonds. The third-order valence-electron chi connectivity index (χ3n) is 1.09. The van der Waals surface area contributed by atoms with Gasteiger partial charge in [-0.1, -0.05) is 0 Å². The summed E-state index contributed by atoms with van der Waals surface area (Å²) in [5, 5.41) is 0. The molecule has 11 heavy (non-hydrogen) atoms. The van der Waals surface area contributed by atoms with Gasteiger partial charge in [0.1, 0.15) is 0 Å². The van der Waals surface area contributed by atoms with Gasteiger partial charge in [-0.25, -0.2) is 4.98 Å². The van der Waals surface area contributed by atoms with Crippen LogP contribution in [0, 0.1) is 5.95 Å². The lowest BCUT2D eigenvalue weighted by atomic mass is 10.2. The second-order valence-corrected chi connectivity index (χ2v) is 2.71. The number of carbonyl (C=O) groups is 1. The summed E-state index contributed by atoms with van der Waals surface area (Å²) in [6.07, 6.45) is 1.19. The van der Waals surface area contributed by atoms with Crippen LogP contribution in [0.1, 0.15) is 10.4 Å². The average Bonchev–Trinajstić information content (AvgIpc) is 1.94. The summed E-state index contributed by atoms with van der Waals surface area (Å²) in [6, 6.07) is 0.979. The SMILES string of the molecule is NC(=O)c1cc(F)ncc1Br. The van der Waals surface area contributed by atoms with Gasteiger partial charge >= 0.3 is 0 Å². The maximum Gasteiger partial charge on any atom is 0.250 e. The zero-order valence-electron chi connectivity index (χ0n) is 5.34. The highest BCUT2D eigenvalue weighted by Crippen LogP contribution is 2.14. The van der Waals surface area contributed by atoms with Crippen LogP contribution in [0.4, 0.5) is 4.39 Å². The van der Waals surface area contributed by atoms with Gasteiger partial charge in [-0.3, -0.25) is 4.79 Å². The van der Waals surface area contributed by atoms with Gasteiger partial charge in [0.25, 0.3) is 0 Å². The molecule has 0 radical (unpaired) electrons.